The van der Waals surface area contributed by atoms with Crippen molar-refractivity contribution in [2.75, 3.05) is 39.3 Å². The second kappa shape index (κ2) is 13.4. The monoisotopic (exact) mass is 613 g/mol. The predicted molar refractivity (Wildman–Crippen MR) is 164 cm³/mol. The van der Waals surface area contributed by atoms with Gasteiger partial charge < -0.3 is 30.5 Å². The summed E-state index contributed by atoms with van der Waals surface area (Å²) >= 11 is 0. The van der Waals surface area contributed by atoms with Gasteiger partial charge in [-0.3, -0.25) is 14.4 Å². The van der Waals surface area contributed by atoms with Crippen molar-refractivity contribution in [2.45, 2.75) is 56.8 Å². The van der Waals surface area contributed by atoms with Crippen LogP contribution in [0.5, 0.6) is 0 Å². The first kappa shape index (κ1) is 32.4. The molecule has 0 spiro atoms. The number of hydrogen-bond donors (Lipinski definition) is 2. The molecule has 0 aliphatic carbocycles. The Bertz CT molecular complexity index is 1330. The molecule has 5 rings (SSSR count). The predicted octanol–water partition coefficient (Wildman–Crippen LogP) is 2.63. The summed E-state index contributed by atoms with van der Waals surface area (Å²) in [5, 5.41) is 2.82. The lowest BCUT2D eigenvalue weighted by molar-refractivity contribution is -0.147. The highest BCUT2D eigenvalue weighted by molar-refractivity contribution is 5.94. The highest BCUT2D eigenvalue weighted by Crippen LogP contribution is 2.41. The van der Waals surface area contributed by atoms with Crippen molar-refractivity contribution in [2.24, 2.45) is 5.73 Å². The Labute approximate surface area is 258 Å². The number of nitrogens with one attached hydrogen (secondary N) is 1. The molecule has 2 aromatic rings. The van der Waals surface area contributed by atoms with E-state index in [4.69, 9.17) is 10.5 Å². The van der Waals surface area contributed by atoms with Crippen LogP contribution >= 0.6 is 12.4 Å². The molecule has 2 fully saturated rings. The third-order valence-corrected chi connectivity index (χ3v) is 8.32. The van der Waals surface area contributed by atoms with Crippen LogP contribution in [-0.2, 0) is 32.1 Å². The van der Waals surface area contributed by atoms with Crippen LogP contribution in [-0.4, -0.2) is 88.9 Å². The largest absolute Gasteiger partial charge is 0.374 e. The van der Waals surface area contributed by atoms with Crippen LogP contribution < -0.4 is 11.1 Å². The van der Waals surface area contributed by atoms with Gasteiger partial charge >= 0.3 is 0 Å². The zero-order valence-electron chi connectivity index (χ0n) is 24.8. The van der Waals surface area contributed by atoms with Crippen molar-refractivity contribution >= 4 is 30.1 Å². The van der Waals surface area contributed by atoms with Crippen LogP contribution in [0.1, 0.15) is 37.8 Å². The lowest BCUT2D eigenvalue weighted by Crippen LogP contribution is -2.67. The smallest absolute Gasteiger partial charge is 0.249 e. The van der Waals surface area contributed by atoms with Crippen molar-refractivity contribution < 1.29 is 23.5 Å². The number of benzene rings is 2. The molecule has 2 aromatic carbocycles. The minimum Gasteiger partial charge on any atom is -0.374 e. The summed E-state index contributed by atoms with van der Waals surface area (Å²) in [7, 11) is 0. The Morgan fingerprint density at radius 2 is 1.70 bits per heavy atom. The number of carbonyl (C=O) groups excluding carboxylic acids is 3. The summed E-state index contributed by atoms with van der Waals surface area (Å²) in [5.41, 5.74) is 6.78. The molecule has 0 radical (unpaired) electrons. The van der Waals surface area contributed by atoms with E-state index in [2.05, 4.69) is 10.2 Å². The number of ether oxygens (including phenoxy) is 1. The molecule has 3 aliphatic rings. The number of rotatable bonds is 10. The average Bonchev–Trinajstić information content (AvgIpc) is 3.59. The van der Waals surface area contributed by atoms with Crippen LogP contribution in [0.15, 0.2) is 66.4 Å². The van der Waals surface area contributed by atoms with E-state index >= 15 is 0 Å². The van der Waals surface area contributed by atoms with E-state index in [-0.39, 0.29) is 49.8 Å². The molecule has 0 saturated carbocycles. The molecule has 0 aromatic heterocycles. The van der Waals surface area contributed by atoms with E-state index in [1.54, 1.807) is 37.0 Å². The standard InChI is InChI=1S/C32H40FN5O4.ClH/c1-31(2,34)30(41)35-26(21-42-20-24-8-4-3-5-9-24)29(40)37-16-17-38-28(39)18-27(36-14-6-7-15-36)32(38,22-37)19-23-10-12-25(33)13-11-23;/h3-5,8-13,18,26H,6-7,14-17,19-22,34H2,1-2H3,(H,35,41);1H/t26-,32+;/m1./s1. The van der Waals surface area contributed by atoms with Gasteiger partial charge in [-0.05, 0) is 49.9 Å². The molecule has 2 atom stereocenters. The maximum Gasteiger partial charge on any atom is 0.249 e. The molecule has 9 nitrogen and oxygen atoms in total. The number of halogens is 2. The summed E-state index contributed by atoms with van der Waals surface area (Å²) < 4.78 is 19.7. The molecule has 11 heteroatoms. The summed E-state index contributed by atoms with van der Waals surface area (Å²) in [4.78, 5) is 46.2. The molecule has 43 heavy (non-hydrogen) atoms. The molecular formula is C32H41ClFN5O4. The molecule has 2 saturated heterocycles. The maximum atomic E-state index is 14.1. The van der Waals surface area contributed by atoms with Gasteiger partial charge in [0.15, 0.2) is 0 Å². The zero-order chi connectivity index (χ0) is 29.9. The normalized spacial score (nSPS) is 20.8. The second-order valence-corrected chi connectivity index (χ2v) is 12.1. The zero-order valence-corrected chi connectivity index (χ0v) is 25.6. The Balaban J connectivity index is 0.00000423. The van der Waals surface area contributed by atoms with E-state index < -0.39 is 23.0 Å². The van der Waals surface area contributed by atoms with Crippen molar-refractivity contribution in [1.29, 1.82) is 0 Å². The van der Waals surface area contributed by atoms with Crippen LogP contribution in [0.25, 0.3) is 0 Å². The maximum absolute atomic E-state index is 14.1. The fourth-order valence-electron chi connectivity index (χ4n) is 6.11. The SMILES string of the molecule is CC(C)(N)C(=O)N[C@H](COCc1ccccc1)C(=O)N1CCN2C(=O)C=C(N3CCCC3)[C@]2(Cc2ccc(F)cc2)C1.Cl. The van der Waals surface area contributed by atoms with E-state index in [1.165, 1.54) is 12.1 Å². The van der Waals surface area contributed by atoms with Crippen LogP contribution in [0.4, 0.5) is 4.39 Å². The van der Waals surface area contributed by atoms with Gasteiger partial charge in [-0.15, -0.1) is 12.4 Å². The Morgan fingerprint density at radius 1 is 1.02 bits per heavy atom. The van der Waals surface area contributed by atoms with E-state index in [0.717, 1.165) is 42.8 Å². The minimum absolute atomic E-state index is 0. The molecule has 3 aliphatic heterocycles. The number of nitrogens with zero attached hydrogens (tertiary/aromatic N) is 3. The summed E-state index contributed by atoms with van der Waals surface area (Å²) in [5.74, 6) is -1.16. The number of piperazine rings is 1. The fraction of sp³-hybridized carbons (Fsp3) is 0.469. The average molecular weight is 614 g/mol. The van der Waals surface area contributed by atoms with Gasteiger partial charge in [0.05, 0.1) is 25.3 Å². The first-order valence-corrected chi connectivity index (χ1v) is 14.6. The summed E-state index contributed by atoms with van der Waals surface area (Å²) in [6.45, 7) is 5.99. The quantitative estimate of drug-likeness (QED) is 0.427. The van der Waals surface area contributed by atoms with Crippen molar-refractivity contribution in [3.05, 3.63) is 83.3 Å². The van der Waals surface area contributed by atoms with Crippen LogP contribution in [0.2, 0.25) is 0 Å². The van der Waals surface area contributed by atoms with Gasteiger partial charge in [0.1, 0.15) is 17.4 Å². The molecule has 3 heterocycles. The van der Waals surface area contributed by atoms with Gasteiger partial charge in [-0.1, -0.05) is 42.5 Å². The van der Waals surface area contributed by atoms with Crippen molar-refractivity contribution in [3.63, 3.8) is 0 Å². The lowest BCUT2D eigenvalue weighted by atomic mass is 9.84. The number of carbonyl (C=O) groups is 3. The molecular weight excluding hydrogens is 573 g/mol. The Hall–Kier alpha value is -3.47. The second-order valence-electron chi connectivity index (χ2n) is 12.1. The molecule has 0 unspecified atom stereocenters. The van der Waals surface area contributed by atoms with Crippen LogP contribution in [0, 0.1) is 5.82 Å². The van der Waals surface area contributed by atoms with Gasteiger partial charge in [0.25, 0.3) is 0 Å². The van der Waals surface area contributed by atoms with Gasteiger partial charge in [-0.25, -0.2) is 4.39 Å². The van der Waals surface area contributed by atoms with Crippen LogP contribution in [0.3, 0.4) is 0 Å². The van der Waals surface area contributed by atoms with E-state index in [1.807, 2.05) is 35.2 Å². The molecule has 0 bridgehead atoms. The highest BCUT2D eigenvalue weighted by atomic mass is 35.5. The summed E-state index contributed by atoms with van der Waals surface area (Å²) in [6, 6.07) is 14.9. The lowest BCUT2D eigenvalue weighted by Gasteiger charge is -2.50. The van der Waals surface area contributed by atoms with Crippen molar-refractivity contribution in [1.82, 2.24) is 20.0 Å². The molecule has 3 N–H and O–H groups in total. The van der Waals surface area contributed by atoms with Gasteiger partial charge in [-0.2, -0.15) is 0 Å². The number of nitrogens with two attached hydrogens (primary N) is 1. The highest BCUT2D eigenvalue weighted by Gasteiger charge is 2.54. The van der Waals surface area contributed by atoms with Gasteiger partial charge in [0, 0.05) is 44.4 Å². The number of amides is 3. The summed E-state index contributed by atoms with van der Waals surface area (Å²) in [6.07, 6.45) is 4.20. The van der Waals surface area contributed by atoms with E-state index in [0.29, 0.717) is 19.5 Å². The number of fused-ring (bicyclic) bond motifs is 1. The first-order valence-electron chi connectivity index (χ1n) is 14.6. The third kappa shape index (κ3) is 7.20. The molecule has 3 amide bonds. The number of hydrogen-bond acceptors (Lipinski definition) is 6. The first-order chi connectivity index (χ1) is 20.1. The topological polar surface area (TPSA) is 108 Å². The molecule has 232 valence electrons. The number of likely N-dealkylation sites (tertiary alicyclic amines) is 1. The van der Waals surface area contributed by atoms with Crippen molar-refractivity contribution in [3.8, 4) is 0 Å². The van der Waals surface area contributed by atoms with E-state index in [9.17, 15) is 18.8 Å². The Kier molecular flexibility index (Phi) is 10.1. The minimum atomic E-state index is -1.19. The fourth-order valence-corrected chi connectivity index (χ4v) is 6.11. The van der Waals surface area contributed by atoms with Gasteiger partial charge in [0.2, 0.25) is 17.7 Å². The Morgan fingerprint density at radius 3 is 2.35 bits per heavy atom. The third-order valence-electron chi connectivity index (χ3n) is 8.32.